The fourth-order valence-electron chi connectivity index (χ4n) is 5.15. The van der Waals surface area contributed by atoms with Crippen molar-refractivity contribution in [2.75, 3.05) is 13.1 Å². The predicted octanol–water partition coefficient (Wildman–Crippen LogP) is 3.25. The van der Waals surface area contributed by atoms with Gasteiger partial charge in [-0.3, -0.25) is 14.6 Å². The van der Waals surface area contributed by atoms with Gasteiger partial charge < -0.3 is 19.8 Å². The molecule has 8 heteroatoms. The Labute approximate surface area is 209 Å². The molecule has 4 aromatic rings. The maximum absolute atomic E-state index is 12.4. The van der Waals surface area contributed by atoms with Gasteiger partial charge in [0.1, 0.15) is 16.9 Å². The Morgan fingerprint density at radius 2 is 1.97 bits per heavy atom. The summed E-state index contributed by atoms with van der Waals surface area (Å²) in [6.07, 6.45) is 5.64. The van der Waals surface area contributed by atoms with Crippen LogP contribution in [-0.2, 0) is 6.54 Å². The number of primary amides is 1. The van der Waals surface area contributed by atoms with Crippen molar-refractivity contribution in [3.05, 3.63) is 70.0 Å². The number of pyridine rings is 2. The number of rotatable bonds is 4. The molecule has 1 amide bonds. The smallest absolute Gasteiger partial charge is 0.264 e. The monoisotopic (exact) mass is 482 g/mol. The second-order valence-electron chi connectivity index (χ2n) is 9.63. The number of carbonyl (C=O) groups excluding carboxylic acids is 1. The summed E-state index contributed by atoms with van der Waals surface area (Å²) >= 11 is 0. The van der Waals surface area contributed by atoms with Crippen LogP contribution in [0.5, 0.6) is 0 Å². The van der Waals surface area contributed by atoms with Crippen molar-refractivity contribution >= 4 is 27.8 Å². The first-order valence-corrected chi connectivity index (χ1v) is 12.3. The number of hydrogen-bond donors (Lipinski definition) is 1. The number of amides is 1. The Morgan fingerprint density at radius 3 is 2.69 bits per heavy atom. The first kappa shape index (κ1) is 23.8. The van der Waals surface area contributed by atoms with Gasteiger partial charge in [-0.25, -0.2) is 4.98 Å². The Balaban J connectivity index is 1.50. The van der Waals surface area contributed by atoms with Crippen molar-refractivity contribution in [1.82, 2.24) is 24.0 Å². The van der Waals surface area contributed by atoms with E-state index < -0.39 is 11.5 Å². The molecule has 1 aliphatic rings. The molecule has 2 N–H and O–H groups in total. The van der Waals surface area contributed by atoms with Gasteiger partial charge >= 0.3 is 0 Å². The Kier molecular flexibility index (Phi) is 6.33. The lowest BCUT2D eigenvalue weighted by molar-refractivity contribution is 0.0998. The van der Waals surface area contributed by atoms with E-state index in [-0.39, 0.29) is 12.1 Å². The molecule has 5 rings (SSSR count). The molecular weight excluding hydrogens is 452 g/mol. The van der Waals surface area contributed by atoms with E-state index in [9.17, 15) is 9.59 Å². The molecule has 0 atom stereocenters. The quantitative estimate of drug-likeness (QED) is 0.450. The molecule has 36 heavy (non-hydrogen) atoms. The molecular formula is C28H30N6O2. The van der Waals surface area contributed by atoms with E-state index in [0.717, 1.165) is 59.3 Å². The summed E-state index contributed by atoms with van der Waals surface area (Å²) in [6, 6.07) is 9.98. The summed E-state index contributed by atoms with van der Waals surface area (Å²) in [6.45, 7) is 8.90. The van der Waals surface area contributed by atoms with Crippen LogP contribution in [0, 0.1) is 18.8 Å². The highest BCUT2D eigenvalue weighted by Gasteiger charge is 2.25. The summed E-state index contributed by atoms with van der Waals surface area (Å²) in [4.78, 5) is 35.8. The Hall–Kier alpha value is -3.96. The minimum atomic E-state index is -0.741. The third-order valence-electron chi connectivity index (χ3n) is 7.05. The second kappa shape index (κ2) is 9.59. The standard InChI is InChI=1S/C28H30N6O2/c1-18(2)32-14-10-21(11-15-32)34-19(3)31-25-17-30-24-9-8-20(16-23(24)26(25)34)6-4-12-33-13-5-7-22(27(29)35)28(33)36/h5,7-9,13,16-18,21H,10-12,14-15H2,1-3H3,(H2,29,35). The average molecular weight is 483 g/mol. The number of nitrogens with zero attached hydrogens (tertiary/aromatic N) is 5. The lowest BCUT2D eigenvalue weighted by atomic mass is 10.0. The molecule has 0 spiro atoms. The maximum atomic E-state index is 12.4. The van der Waals surface area contributed by atoms with Gasteiger partial charge in [0.2, 0.25) is 0 Å². The van der Waals surface area contributed by atoms with Crippen LogP contribution in [0.25, 0.3) is 21.9 Å². The van der Waals surface area contributed by atoms with Gasteiger partial charge in [-0.2, -0.15) is 0 Å². The van der Waals surface area contributed by atoms with Crippen LogP contribution in [0.3, 0.4) is 0 Å². The molecule has 0 radical (unpaired) electrons. The highest BCUT2D eigenvalue weighted by molar-refractivity contribution is 6.03. The van der Waals surface area contributed by atoms with Crippen LogP contribution in [-0.4, -0.2) is 49.0 Å². The lowest BCUT2D eigenvalue weighted by Crippen LogP contribution is -2.39. The summed E-state index contributed by atoms with van der Waals surface area (Å²) in [7, 11) is 0. The van der Waals surface area contributed by atoms with Crippen LogP contribution >= 0.6 is 0 Å². The third-order valence-corrected chi connectivity index (χ3v) is 7.05. The van der Waals surface area contributed by atoms with Gasteiger partial charge in [0.25, 0.3) is 11.5 Å². The highest BCUT2D eigenvalue weighted by Crippen LogP contribution is 2.32. The number of fused-ring (bicyclic) bond motifs is 3. The van der Waals surface area contributed by atoms with Gasteiger partial charge in [-0.05, 0) is 63.9 Å². The van der Waals surface area contributed by atoms with Crippen molar-refractivity contribution in [3.8, 4) is 11.8 Å². The number of nitrogens with two attached hydrogens (primary N) is 1. The summed E-state index contributed by atoms with van der Waals surface area (Å²) in [5.74, 6) is 6.48. The largest absolute Gasteiger partial charge is 0.365 e. The van der Waals surface area contributed by atoms with Crippen LogP contribution < -0.4 is 11.3 Å². The normalized spacial score (nSPS) is 14.9. The minimum Gasteiger partial charge on any atom is -0.365 e. The maximum Gasteiger partial charge on any atom is 0.264 e. The van der Waals surface area contributed by atoms with Crippen LogP contribution in [0.4, 0.5) is 0 Å². The van der Waals surface area contributed by atoms with E-state index in [4.69, 9.17) is 10.7 Å². The van der Waals surface area contributed by atoms with Crippen molar-refractivity contribution in [3.63, 3.8) is 0 Å². The molecule has 3 aromatic heterocycles. The van der Waals surface area contributed by atoms with E-state index in [1.54, 1.807) is 12.3 Å². The number of aryl methyl sites for hydroxylation is 1. The van der Waals surface area contributed by atoms with Crippen molar-refractivity contribution in [2.45, 2.75) is 52.2 Å². The van der Waals surface area contributed by atoms with E-state index in [0.29, 0.717) is 12.1 Å². The molecule has 1 saturated heterocycles. The van der Waals surface area contributed by atoms with E-state index in [1.165, 1.54) is 10.6 Å². The topological polar surface area (TPSA) is 99.0 Å². The number of benzene rings is 1. The fourth-order valence-corrected chi connectivity index (χ4v) is 5.15. The van der Waals surface area contributed by atoms with E-state index >= 15 is 0 Å². The Morgan fingerprint density at radius 1 is 1.19 bits per heavy atom. The second-order valence-corrected chi connectivity index (χ2v) is 9.63. The molecule has 1 fully saturated rings. The zero-order valence-corrected chi connectivity index (χ0v) is 20.9. The predicted molar refractivity (Wildman–Crippen MR) is 141 cm³/mol. The van der Waals surface area contributed by atoms with Crippen molar-refractivity contribution in [2.24, 2.45) is 5.73 Å². The first-order valence-electron chi connectivity index (χ1n) is 12.3. The molecule has 0 saturated carbocycles. The summed E-state index contributed by atoms with van der Waals surface area (Å²) in [5, 5.41) is 1.03. The lowest BCUT2D eigenvalue weighted by Gasteiger charge is -2.35. The highest BCUT2D eigenvalue weighted by atomic mass is 16.2. The van der Waals surface area contributed by atoms with Gasteiger partial charge in [0.15, 0.2) is 0 Å². The molecule has 1 aliphatic heterocycles. The van der Waals surface area contributed by atoms with Crippen LogP contribution in [0.2, 0.25) is 0 Å². The number of likely N-dealkylation sites (tertiary alicyclic amines) is 1. The first-order chi connectivity index (χ1) is 17.3. The zero-order chi connectivity index (χ0) is 25.4. The number of aromatic nitrogens is 4. The van der Waals surface area contributed by atoms with Gasteiger partial charge in [0, 0.05) is 42.3 Å². The summed E-state index contributed by atoms with van der Waals surface area (Å²) in [5.41, 5.74) is 8.54. The zero-order valence-electron chi connectivity index (χ0n) is 20.9. The van der Waals surface area contributed by atoms with Crippen LogP contribution in [0.15, 0.2) is 47.5 Å². The summed E-state index contributed by atoms with van der Waals surface area (Å²) < 4.78 is 3.78. The fraction of sp³-hybridized carbons (Fsp3) is 0.357. The molecule has 0 unspecified atom stereocenters. The SMILES string of the molecule is Cc1nc2cnc3ccc(C#CCn4cccc(C(N)=O)c4=O)cc3c2n1C1CCN(C(C)C)CC1. The van der Waals surface area contributed by atoms with E-state index in [1.807, 2.05) is 18.3 Å². The number of imidazole rings is 1. The Bertz CT molecular complexity index is 1580. The van der Waals surface area contributed by atoms with Gasteiger partial charge in [-0.15, -0.1) is 0 Å². The molecule has 184 valence electrons. The molecule has 4 heterocycles. The third kappa shape index (κ3) is 4.38. The number of hydrogen-bond acceptors (Lipinski definition) is 5. The van der Waals surface area contributed by atoms with Crippen LogP contribution in [0.1, 0.15) is 54.5 Å². The van der Waals surface area contributed by atoms with Gasteiger partial charge in [0.05, 0.1) is 23.8 Å². The minimum absolute atomic E-state index is 0.0404. The molecule has 0 aliphatic carbocycles. The molecule has 0 bridgehead atoms. The molecule has 1 aromatic carbocycles. The van der Waals surface area contributed by atoms with Crippen molar-refractivity contribution < 1.29 is 4.79 Å². The molecule has 8 nitrogen and oxygen atoms in total. The average Bonchev–Trinajstić information content (AvgIpc) is 3.21. The number of carbonyl (C=O) groups is 1. The van der Waals surface area contributed by atoms with Crippen molar-refractivity contribution in [1.29, 1.82) is 0 Å². The number of piperidine rings is 1. The van der Waals surface area contributed by atoms with E-state index in [2.05, 4.69) is 53.1 Å². The van der Waals surface area contributed by atoms with Gasteiger partial charge in [-0.1, -0.05) is 11.8 Å².